The molecule has 3 nitrogen and oxygen atoms in total. The van der Waals surface area contributed by atoms with Crippen LogP contribution in [0.4, 0.5) is 0 Å². The monoisotopic (exact) mass is 243 g/mol. The van der Waals surface area contributed by atoms with Crippen molar-refractivity contribution in [1.82, 2.24) is 0 Å². The first-order chi connectivity index (χ1) is 7.69. The summed E-state index contributed by atoms with van der Waals surface area (Å²) in [5, 5.41) is 0.619. The van der Waals surface area contributed by atoms with Crippen LogP contribution in [-0.2, 0) is 11.2 Å². The van der Waals surface area contributed by atoms with Crippen molar-refractivity contribution < 1.29 is 9.47 Å². The minimum Gasteiger partial charge on any atom is -0.486 e. The predicted octanol–water partition coefficient (Wildman–Crippen LogP) is 2.25. The fourth-order valence-electron chi connectivity index (χ4n) is 1.51. The van der Waals surface area contributed by atoms with Crippen molar-refractivity contribution in [3.63, 3.8) is 0 Å². The van der Waals surface area contributed by atoms with Crippen LogP contribution in [0.5, 0.6) is 5.75 Å². The Morgan fingerprint density at radius 2 is 2.19 bits per heavy atom. The maximum atomic E-state index is 6.10. The van der Waals surface area contributed by atoms with Crippen LogP contribution in [0, 0.1) is 0 Å². The molecule has 90 valence electrons. The van der Waals surface area contributed by atoms with E-state index in [9.17, 15) is 0 Å². The van der Waals surface area contributed by atoms with Crippen molar-refractivity contribution in [3.8, 4) is 5.75 Å². The number of hydrogen-bond donors (Lipinski definition) is 1. The maximum Gasteiger partial charge on any atom is 0.141 e. The second-order valence-corrected chi connectivity index (χ2v) is 4.06. The lowest BCUT2D eigenvalue weighted by atomic mass is 10.1. The lowest BCUT2D eigenvalue weighted by molar-refractivity contribution is 0.0915. The molecule has 0 aliphatic heterocycles. The van der Waals surface area contributed by atoms with Crippen molar-refractivity contribution in [3.05, 3.63) is 28.8 Å². The van der Waals surface area contributed by atoms with Gasteiger partial charge in [-0.2, -0.15) is 0 Å². The fourth-order valence-corrected chi connectivity index (χ4v) is 1.75. The smallest absolute Gasteiger partial charge is 0.141 e. The van der Waals surface area contributed by atoms with E-state index >= 15 is 0 Å². The first kappa shape index (κ1) is 13.3. The molecule has 1 rings (SSSR count). The molecule has 0 fully saturated rings. The van der Waals surface area contributed by atoms with Crippen molar-refractivity contribution in [2.24, 2.45) is 5.73 Å². The number of ether oxygens (including phenoxy) is 2. The van der Waals surface area contributed by atoms with E-state index < -0.39 is 0 Å². The summed E-state index contributed by atoms with van der Waals surface area (Å²) in [6, 6.07) is 5.70. The molecule has 0 heterocycles. The topological polar surface area (TPSA) is 44.5 Å². The highest BCUT2D eigenvalue weighted by Crippen LogP contribution is 2.29. The molecule has 16 heavy (non-hydrogen) atoms. The highest BCUT2D eigenvalue weighted by molar-refractivity contribution is 6.32. The predicted molar refractivity (Wildman–Crippen MR) is 66.2 cm³/mol. The maximum absolute atomic E-state index is 6.10. The zero-order chi connectivity index (χ0) is 12.0. The van der Waals surface area contributed by atoms with E-state index in [1.165, 1.54) is 0 Å². The van der Waals surface area contributed by atoms with Crippen LogP contribution in [0.3, 0.4) is 0 Å². The average molecular weight is 244 g/mol. The Morgan fingerprint density at radius 3 is 2.81 bits per heavy atom. The van der Waals surface area contributed by atoms with Crippen LogP contribution in [-0.4, -0.2) is 26.4 Å². The highest BCUT2D eigenvalue weighted by Gasteiger charge is 2.11. The van der Waals surface area contributed by atoms with Gasteiger partial charge >= 0.3 is 0 Å². The van der Waals surface area contributed by atoms with E-state index in [1.54, 1.807) is 7.11 Å². The summed E-state index contributed by atoms with van der Waals surface area (Å²) >= 11 is 6.10. The molecule has 0 aromatic heterocycles. The van der Waals surface area contributed by atoms with Crippen LogP contribution >= 0.6 is 11.6 Å². The van der Waals surface area contributed by atoms with Crippen LogP contribution < -0.4 is 10.5 Å². The summed E-state index contributed by atoms with van der Waals surface area (Å²) in [7, 11) is 1.65. The quantitative estimate of drug-likeness (QED) is 0.834. The summed E-state index contributed by atoms with van der Waals surface area (Å²) in [5.74, 6) is 0.721. The van der Waals surface area contributed by atoms with Gasteiger partial charge in [-0.1, -0.05) is 23.7 Å². The van der Waals surface area contributed by atoms with Gasteiger partial charge < -0.3 is 15.2 Å². The van der Waals surface area contributed by atoms with Gasteiger partial charge in [0.1, 0.15) is 11.9 Å². The van der Waals surface area contributed by atoms with E-state index in [2.05, 4.69) is 0 Å². The van der Waals surface area contributed by atoms with E-state index in [-0.39, 0.29) is 6.10 Å². The van der Waals surface area contributed by atoms with E-state index in [0.717, 1.165) is 17.7 Å². The molecule has 1 atom stereocenters. The number of benzene rings is 1. The van der Waals surface area contributed by atoms with Crippen LogP contribution in [0.25, 0.3) is 0 Å². The largest absolute Gasteiger partial charge is 0.486 e. The Morgan fingerprint density at radius 1 is 1.44 bits per heavy atom. The fraction of sp³-hybridized carbons (Fsp3) is 0.500. The minimum atomic E-state index is -0.0265. The molecule has 0 saturated carbocycles. The highest BCUT2D eigenvalue weighted by atomic mass is 35.5. The van der Waals surface area contributed by atoms with Gasteiger partial charge in [0.2, 0.25) is 0 Å². The molecule has 0 bridgehead atoms. The molecule has 4 heteroatoms. The molecule has 0 saturated heterocycles. The Hall–Kier alpha value is -0.770. The Kier molecular flexibility index (Phi) is 5.60. The van der Waals surface area contributed by atoms with Gasteiger partial charge in [0.05, 0.1) is 11.6 Å². The molecule has 1 aromatic rings. The first-order valence-electron chi connectivity index (χ1n) is 5.32. The third-order valence-corrected chi connectivity index (χ3v) is 2.48. The standard InChI is InChI=1S/C12H18ClNO2/c1-9(8-15-2)16-12-10(6-7-14)4-3-5-11(12)13/h3-5,9H,6-8,14H2,1-2H3. The molecule has 0 aliphatic rings. The SMILES string of the molecule is COCC(C)Oc1c(Cl)cccc1CCN. The van der Waals surface area contributed by atoms with E-state index in [1.807, 2.05) is 25.1 Å². The molecular weight excluding hydrogens is 226 g/mol. The van der Waals surface area contributed by atoms with Gasteiger partial charge in [-0.3, -0.25) is 0 Å². The van der Waals surface area contributed by atoms with Gasteiger partial charge in [-0.05, 0) is 31.5 Å². The summed E-state index contributed by atoms with van der Waals surface area (Å²) < 4.78 is 10.8. The Balaban J connectivity index is 2.83. The molecule has 1 unspecified atom stereocenters. The Bertz CT molecular complexity index is 331. The number of hydrogen-bond acceptors (Lipinski definition) is 3. The Labute approximate surface area is 101 Å². The third kappa shape index (κ3) is 3.67. The van der Waals surface area contributed by atoms with Gasteiger partial charge in [0.25, 0.3) is 0 Å². The summed E-state index contributed by atoms with van der Waals surface area (Å²) in [6.45, 7) is 3.06. The van der Waals surface area contributed by atoms with Crippen molar-refractivity contribution >= 4 is 11.6 Å². The number of para-hydroxylation sites is 1. The van der Waals surface area contributed by atoms with Gasteiger partial charge in [0.15, 0.2) is 0 Å². The summed E-state index contributed by atoms with van der Waals surface area (Å²) in [6.07, 6.45) is 0.733. The minimum absolute atomic E-state index is 0.0265. The molecular formula is C12H18ClNO2. The van der Waals surface area contributed by atoms with E-state index in [4.69, 9.17) is 26.8 Å². The molecule has 0 radical (unpaired) electrons. The number of halogens is 1. The number of methoxy groups -OCH3 is 1. The average Bonchev–Trinajstić information content (AvgIpc) is 2.24. The van der Waals surface area contributed by atoms with Gasteiger partial charge in [-0.15, -0.1) is 0 Å². The molecule has 0 amide bonds. The zero-order valence-corrected chi connectivity index (χ0v) is 10.5. The van der Waals surface area contributed by atoms with Crippen LogP contribution in [0.2, 0.25) is 5.02 Å². The normalized spacial score (nSPS) is 12.5. The molecule has 0 aliphatic carbocycles. The molecule has 2 N–H and O–H groups in total. The van der Waals surface area contributed by atoms with Crippen molar-refractivity contribution in [2.75, 3.05) is 20.3 Å². The van der Waals surface area contributed by atoms with Crippen molar-refractivity contribution in [1.29, 1.82) is 0 Å². The number of nitrogens with two attached hydrogens (primary N) is 1. The molecule has 1 aromatic carbocycles. The third-order valence-electron chi connectivity index (χ3n) is 2.18. The lowest BCUT2D eigenvalue weighted by Crippen LogP contribution is -2.19. The van der Waals surface area contributed by atoms with Gasteiger partial charge in [0, 0.05) is 7.11 Å². The summed E-state index contributed by atoms with van der Waals surface area (Å²) in [4.78, 5) is 0. The molecule has 0 spiro atoms. The second-order valence-electron chi connectivity index (χ2n) is 3.65. The zero-order valence-electron chi connectivity index (χ0n) is 9.70. The second kappa shape index (κ2) is 6.74. The first-order valence-corrected chi connectivity index (χ1v) is 5.70. The van der Waals surface area contributed by atoms with Crippen molar-refractivity contribution in [2.45, 2.75) is 19.4 Å². The van der Waals surface area contributed by atoms with Gasteiger partial charge in [-0.25, -0.2) is 0 Å². The summed E-state index contributed by atoms with van der Waals surface area (Å²) in [5.41, 5.74) is 6.59. The van der Waals surface area contributed by atoms with E-state index in [0.29, 0.717) is 18.2 Å². The lowest BCUT2D eigenvalue weighted by Gasteiger charge is -2.17. The van der Waals surface area contributed by atoms with Crippen LogP contribution in [0.15, 0.2) is 18.2 Å². The number of rotatable bonds is 6. The van der Waals surface area contributed by atoms with Crippen LogP contribution in [0.1, 0.15) is 12.5 Å².